The highest BCUT2D eigenvalue weighted by atomic mass is 35.5. The predicted octanol–water partition coefficient (Wildman–Crippen LogP) is 3.70. The first-order valence-corrected chi connectivity index (χ1v) is 7.70. The van der Waals surface area contributed by atoms with Crippen molar-refractivity contribution >= 4 is 34.5 Å². The largest absolute Gasteiger partial charge is 0.497 e. The number of amides is 1. The van der Waals surface area contributed by atoms with Crippen LogP contribution in [0.2, 0.25) is 4.34 Å². The van der Waals surface area contributed by atoms with Crippen LogP contribution >= 0.6 is 22.9 Å². The zero-order chi connectivity index (χ0) is 15.2. The van der Waals surface area contributed by atoms with Gasteiger partial charge in [0.1, 0.15) is 5.75 Å². The first-order chi connectivity index (χ1) is 10.1. The van der Waals surface area contributed by atoms with Gasteiger partial charge in [-0.3, -0.25) is 4.79 Å². The Hall–Kier alpha value is -1.56. The van der Waals surface area contributed by atoms with Crippen molar-refractivity contribution in [2.45, 2.75) is 13.0 Å². The Morgan fingerprint density at radius 1 is 1.38 bits per heavy atom. The molecule has 1 amide bonds. The average molecular weight is 325 g/mol. The molecule has 2 N–H and O–H groups in total. The highest BCUT2D eigenvalue weighted by molar-refractivity contribution is 7.16. The Bertz CT molecular complexity index is 615. The monoisotopic (exact) mass is 324 g/mol. The molecule has 4 nitrogen and oxygen atoms in total. The molecule has 0 saturated carbocycles. The van der Waals surface area contributed by atoms with Crippen LogP contribution in [-0.2, 0) is 4.79 Å². The van der Waals surface area contributed by atoms with E-state index in [1.165, 1.54) is 11.3 Å². The minimum Gasteiger partial charge on any atom is -0.497 e. The maximum Gasteiger partial charge on any atom is 0.238 e. The topological polar surface area (TPSA) is 50.4 Å². The van der Waals surface area contributed by atoms with Gasteiger partial charge in [0.2, 0.25) is 5.91 Å². The summed E-state index contributed by atoms with van der Waals surface area (Å²) in [5.74, 6) is 0.611. The lowest BCUT2D eigenvalue weighted by Crippen LogP contribution is -2.29. The number of hydrogen-bond acceptors (Lipinski definition) is 4. The summed E-state index contributed by atoms with van der Waals surface area (Å²) in [6.07, 6.45) is 0. The highest BCUT2D eigenvalue weighted by Crippen LogP contribution is 2.26. The van der Waals surface area contributed by atoms with Gasteiger partial charge in [-0.15, -0.1) is 11.3 Å². The van der Waals surface area contributed by atoms with Crippen molar-refractivity contribution in [3.63, 3.8) is 0 Å². The molecule has 1 aromatic carbocycles. The van der Waals surface area contributed by atoms with Crippen molar-refractivity contribution in [1.29, 1.82) is 0 Å². The third-order valence-electron chi connectivity index (χ3n) is 2.94. The van der Waals surface area contributed by atoms with Gasteiger partial charge in [-0.25, -0.2) is 0 Å². The van der Waals surface area contributed by atoms with Gasteiger partial charge in [0.15, 0.2) is 0 Å². The molecule has 2 rings (SSSR count). The first kappa shape index (κ1) is 15.8. The number of ether oxygens (including phenoxy) is 1. The Kier molecular flexibility index (Phi) is 5.61. The highest BCUT2D eigenvalue weighted by Gasteiger charge is 2.10. The maximum atomic E-state index is 11.9. The van der Waals surface area contributed by atoms with Gasteiger partial charge in [-0.05, 0) is 31.2 Å². The number of carbonyl (C=O) groups excluding carboxylic acids is 1. The molecule has 0 fully saturated rings. The van der Waals surface area contributed by atoms with Crippen molar-refractivity contribution in [3.8, 4) is 5.75 Å². The van der Waals surface area contributed by atoms with Crippen molar-refractivity contribution in [1.82, 2.24) is 5.32 Å². The molecule has 0 aliphatic rings. The number of thiophene rings is 1. The molecular formula is C15H17ClN2O2S. The number of methoxy groups -OCH3 is 1. The Morgan fingerprint density at radius 2 is 2.19 bits per heavy atom. The van der Waals surface area contributed by atoms with Crippen molar-refractivity contribution in [2.75, 3.05) is 19.0 Å². The number of anilines is 1. The van der Waals surface area contributed by atoms with Crippen LogP contribution in [0.3, 0.4) is 0 Å². The fourth-order valence-electron chi connectivity index (χ4n) is 1.81. The van der Waals surface area contributed by atoms with E-state index in [4.69, 9.17) is 16.3 Å². The van der Waals surface area contributed by atoms with Crippen LogP contribution in [0.1, 0.15) is 17.8 Å². The minimum atomic E-state index is -0.0993. The molecule has 21 heavy (non-hydrogen) atoms. The third-order valence-corrected chi connectivity index (χ3v) is 4.36. The molecule has 6 heteroatoms. The summed E-state index contributed by atoms with van der Waals surface area (Å²) in [5.41, 5.74) is 0.716. The smallest absolute Gasteiger partial charge is 0.238 e. The Balaban J connectivity index is 1.84. The van der Waals surface area contributed by atoms with Crippen LogP contribution in [0.15, 0.2) is 36.4 Å². The van der Waals surface area contributed by atoms with Crippen molar-refractivity contribution in [3.05, 3.63) is 45.6 Å². The minimum absolute atomic E-state index is 0.0820. The second-order valence-electron chi connectivity index (χ2n) is 4.52. The van der Waals surface area contributed by atoms with E-state index in [1.807, 2.05) is 37.3 Å². The molecule has 1 aromatic heterocycles. The van der Waals surface area contributed by atoms with Gasteiger partial charge >= 0.3 is 0 Å². The van der Waals surface area contributed by atoms with Crippen LogP contribution in [0.4, 0.5) is 5.69 Å². The van der Waals surface area contributed by atoms with E-state index in [9.17, 15) is 4.79 Å². The van der Waals surface area contributed by atoms with Crippen LogP contribution < -0.4 is 15.4 Å². The van der Waals surface area contributed by atoms with Gasteiger partial charge < -0.3 is 15.4 Å². The summed E-state index contributed by atoms with van der Waals surface area (Å²) in [6, 6.07) is 11.2. The van der Waals surface area contributed by atoms with Crippen LogP contribution in [0.25, 0.3) is 0 Å². The molecule has 0 radical (unpaired) electrons. The molecule has 1 heterocycles. The molecular weight excluding hydrogens is 308 g/mol. The lowest BCUT2D eigenvalue weighted by atomic mass is 10.2. The number of nitrogens with one attached hydrogen (secondary N) is 2. The second kappa shape index (κ2) is 7.45. The number of rotatable bonds is 6. The first-order valence-electron chi connectivity index (χ1n) is 6.51. The maximum absolute atomic E-state index is 11.9. The summed E-state index contributed by atoms with van der Waals surface area (Å²) in [7, 11) is 1.59. The third kappa shape index (κ3) is 4.74. The van der Waals surface area contributed by atoms with Crippen LogP contribution in [0, 0.1) is 0 Å². The lowest BCUT2D eigenvalue weighted by molar-refractivity contribution is -0.115. The summed E-state index contributed by atoms with van der Waals surface area (Å²) >= 11 is 7.41. The van der Waals surface area contributed by atoms with E-state index >= 15 is 0 Å². The second-order valence-corrected chi connectivity index (χ2v) is 6.27. The number of halogens is 1. The van der Waals surface area contributed by atoms with E-state index in [-0.39, 0.29) is 18.5 Å². The zero-order valence-corrected chi connectivity index (χ0v) is 13.4. The fourth-order valence-corrected chi connectivity index (χ4v) is 2.90. The van der Waals surface area contributed by atoms with Gasteiger partial charge in [0.05, 0.1) is 18.0 Å². The van der Waals surface area contributed by atoms with Gasteiger partial charge in [0, 0.05) is 22.7 Å². The molecule has 112 valence electrons. The lowest BCUT2D eigenvalue weighted by Gasteiger charge is -2.12. The normalized spacial score (nSPS) is 12.0. The van der Waals surface area contributed by atoms with Gasteiger partial charge in [-0.2, -0.15) is 0 Å². The van der Waals surface area contributed by atoms with Crippen molar-refractivity contribution < 1.29 is 9.53 Å². The molecule has 1 unspecified atom stereocenters. The predicted molar refractivity (Wildman–Crippen MR) is 87.4 cm³/mol. The molecule has 0 aliphatic heterocycles. The SMILES string of the molecule is COc1cccc(NC(=O)CNC(C)c2ccc(Cl)s2)c1. The summed E-state index contributed by atoms with van der Waals surface area (Å²) in [6.45, 7) is 2.23. The standard InChI is InChI=1S/C15H17ClN2O2S/c1-10(13-6-7-14(16)21-13)17-9-15(19)18-11-4-3-5-12(8-11)20-2/h3-8,10,17H,9H2,1-2H3,(H,18,19). The molecule has 0 bridgehead atoms. The van der Waals surface area contributed by atoms with Crippen LogP contribution in [-0.4, -0.2) is 19.6 Å². The van der Waals surface area contributed by atoms with E-state index in [1.54, 1.807) is 13.2 Å². The average Bonchev–Trinajstić information content (AvgIpc) is 2.91. The van der Waals surface area contributed by atoms with Crippen LogP contribution in [0.5, 0.6) is 5.75 Å². The summed E-state index contributed by atoms with van der Waals surface area (Å²) < 4.78 is 5.87. The number of hydrogen-bond donors (Lipinski definition) is 2. The molecule has 2 aromatic rings. The van der Waals surface area contributed by atoms with Crippen molar-refractivity contribution in [2.24, 2.45) is 0 Å². The summed E-state index contributed by atoms with van der Waals surface area (Å²) in [5, 5.41) is 5.99. The zero-order valence-electron chi connectivity index (χ0n) is 11.9. The molecule has 0 aliphatic carbocycles. The fraction of sp³-hybridized carbons (Fsp3) is 0.267. The Morgan fingerprint density at radius 3 is 2.86 bits per heavy atom. The Labute approximate surface area is 133 Å². The van der Waals surface area contributed by atoms with Gasteiger partial charge in [0.25, 0.3) is 0 Å². The van der Waals surface area contributed by atoms with E-state index < -0.39 is 0 Å². The molecule has 0 spiro atoms. The molecule has 0 saturated heterocycles. The summed E-state index contributed by atoms with van der Waals surface area (Å²) in [4.78, 5) is 13.0. The van der Waals surface area contributed by atoms with E-state index in [2.05, 4.69) is 10.6 Å². The number of carbonyl (C=O) groups is 1. The van der Waals surface area contributed by atoms with Gasteiger partial charge in [-0.1, -0.05) is 17.7 Å². The molecule has 1 atom stereocenters. The quantitative estimate of drug-likeness (QED) is 0.852. The van der Waals surface area contributed by atoms with E-state index in [0.717, 1.165) is 9.21 Å². The van der Waals surface area contributed by atoms with E-state index in [0.29, 0.717) is 11.4 Å². The number of benzene rings is 1.